The van der Waals surface area contributed by atoms with Crippen LogP contribution in [0.25, 0.3) is 11.5 Å². The zero-order valence-corrected chi connectivity index (χ0v) is 10.6. The second-order valence-electron chi connectivity index (χ2n) is 3.99. The van der Waals surface area contributed by atoms with Crippen molar-refractivity contribution < 1.29 is 4.52 Å². The maximum absolute atomic E-state index is 5.99. The average Bonchev–Trinajstić information content (AvgIpc) is 2.80. The Morgan fingerprint density at radius 1 is 1.35 bits per heavy atom. The Hall–Kier alpha value is -1.62. The maximum Gasteiger partial charge on any atom is 0.257 e. The van der Waals surface area contributed by atoms with Gasteiger partial charge in [-0.1, -0.05) is 16.8 Å². The molecule has 2 heterocycles. The lowest BCUT2D eigenvalue weighted by Crippen LogP contribution is -2.26. The van der Waals surface area contributed by atoms with E-state index in [-0.39, 0.29) is 0 Å². The van der Waals surface area contributed by atoms with E-state index in [1.807, 2.05) is 18.0 Å². The molecule has 0 radical (unpaired) electrons. The summed E-state index contributed by atoms with van der Waals surface area (Å²) < 4.78 is 5.00. The average molecular weight is 253 g/mol. The van der Waals surface area contributed by atoms with Crippen LogP contribution in [0.4, 0.5) is 5.82 Å². The second kappa shape index (κ2) is 4.71. The number of aromatic nitrogens is 3. The molecule has 0 N–H and O–H groups in total. The number of nitrogens with zero attached hydrogens (tertiary/aromatic N) is 4. The van der Waals surface area contributed by atoms with E-state index in [0.29, 0.717) is 17.1 Å². The summed E-state index contributed by atoms with van der Waals surface area (Å²) in [4.78, 5) is 10.3. The summed E-state index contributed by atoms with van der Waals surface area (Å²) in [6.07, 6.45) is 1.36. The van der Waals surface area contributed by atoms with Crippen molar-refractivity contribution in [2.75, 3.05) is 11.9 Å². The van der Waals surface area contributed by atoms with Gasteiger partial charge in [0.15, 0.2) is 6.33 Å². The minimum atomic E-state index is 0.330. The highest BCUT2D eigenvalue weighted by Gasteiger charge is 2.12. The quantitative estimate of drug-likeness (QED) is 0.786. The molecule has 0 aliphatic carbocycles. The van der Waals surface area contributed by atoms with Gasteiger partial charge in [0.05, 0.1) is 0 Å². The number of halogens is 1. The Bertz CT molecular complexity index is 498. The van der Waals surface area contributed by atoms with Crippen molar-refractivity contribution in [1.29, 1.82) is 0 Å². The van der Waals surface area contributed by atoms with Crippen molar-refractivity contribution in [1.82, 2.24) is 15.1 Å². The molecule has 0 spiro atoms. The molecule has 2 aromatic heterocycles. The predicted octanol–water partition coefficient (Wildman–Crippen LogP) is 2.63. The minimum Gasteiger partial charge on any atom is -0.357 e. The van der Waals surface area contributed by atoms with Crippen LogP contribution in [0.3, 0.4) is 0 Å². The van der Waals surface area contributed by atoms with Gasteiger partial charge in [0.1, 0.15) is 11.0 Å². The number of rotatable bonds is 3. The predicted molar refractivity (Wildman–Crippen MR) is 66.1 cm³/mol. The molecule has 0 amide bonds. The molecule has 2 aromatic rings. The largest absolute Gasteiger partial charge is 0.357 e. The summed E-state index contributed by atoms with van der Waals surface area (Å²) >= 11 is 5.99. The van der Waals surface area contributed by atoms with Crippen molar-refractivity contribution in [2.24, 2.45) is 0 Å². The highest BCUT2D eigenvalue weighted by molar-refractivity contribution is 6.29. The molecule has 0 saturated heterocycles. The Kier molecular flexibility index (Phi) is 3.28. The molecule has 0 aromatic carbocycles. The van der Waals surface area contributed by atoms with Crippen molar-refractivity contribution in [3.63, 3.8) is 0 Å². The molecule has 0 aliphatic heterocycles. The van der Waals surface area contributed by atoms with Gasteiger partial charge in [-0.3, -0.25) is 0 Å². The summed E-state index contributed by atoms with van der Waals surface area (Å²) in [5.41, 5.74) is 0.769. The van der Waals surface area contributed by atoms with Gasteiger partial charge >= 0.3 is 0 Å². The monoisotopic (exact) mass is 252 g/mol. The molecule has 0 unspecified atom stereocenters. The fraction of sp³-hybridized carbons (Fsp3) is 0.364. The van der Waals surface area contributed by atoms with Crippen LogP contribution in [0.2, 0.25) is 5.15 Å². The zero-order chi connectivity index (χ0) is 12.4. The first-order valence-corrected chi connectivity index (χ1v) is 5.63. The lowest BCUT2D eigenvalue weighted by molar-refractivity contribution is 0.430. The Labute approximate surface area is 104 Å². The highest BCUT2D eigenvalue weighted by atomic mass is 35.5. The van der Waals surface area contributed by atoms with Crippen LogP contribution in [0.5, 0.6) is 0 Å². The Morgan fingerprint density at radius 2 is 2.12 bits per heavy atom. The molecule has 6 heteroatoms. The van der Waals surface area contributed by atoms with Crippen molar-refractivity contribution in [3.05, 3.63) is 23.6 Å². The third-order valence-corrected chi connectivity index (χ3v) is 2.72. The first-order chi connectivity index (χ1) is 8.08. The smallest absolute Gasteiger partial charge is 0.257 e. The SMILES string of the molecule is CC(C)N(C)c1cc(-c2ncno2)cc(Cl)n1. The summed E-state index contributed by atoms with van der Waals surface area (Å²) in [5.74, 6) is 1.22. The fourth-order valence-corrected chi connectivity index (χ4v) is 1.56. The zero-order valence-electron chi connectivity index (χ0n) is 9.88. The molecule has 0 saturated carbocycles. The van der Waals surface area contributed by atoms with E-state index in [0.717, 1.165) is 11.4 Å². The van der Waals surface area contributed by atoms with Crippen LogP contribution in [-0.2, 0) is 0 Å². The molecule has 0 bridgehead atoms. The normalized spacial score (nSPS) is 10.9. The third kappa shape index (κ3) is 2.55. The highest BCUT2D eigenvalue weighted by Crippen LogP contribution is 2.25. The van der Waals surface area contributed by atoms with E-state index in [4.69, 9.17) is 16.1 Å². The third-order valence-electron chi connectivity index (χ3n) is 2.52. The van der Waals surface area contributed by atoms with Crippen LogP contribution in [-0.4, -0.2) is 28.2 Å². The first-order valence-electron chi connectivity index (χ1n) is 5.25. The molecule has 2 rings (SSSR count). The Morgan fingerprint density at radius 3 is 2.71 bits per heavy atom. The van der Waals surface area contributed by atoms with Gasteiger partial charge < -0.3 is 9.42 Å². The summed E-state index contributed by atoms with van der Waals surface area (Å²) in [6.45, 7) is 4.16. The lowest BCUT2D eigenvalue weighted by Gasteiger charge is -2.22. The number of hydrogen-bond acceptors (Lipinski definition) is 5. The van der Waals surface area contributed by atoms with Gasteiger partial charge in [0.2, 0.25) is 0 Å². The topological polar surface area (TPSA) is 55.1 Å². The molecule has 0 fully saturated rings. The molecular weight excluding hydrogens is 240 g/mol. The van der Waals surface area contributed by atoms with Crippen LogP contribution in [0.15, 0.2) is 23.0 Å². The van der Waals surface area contributed by atoms with Crippen LogP contribution < -0.4 is 4.90 Å². The van der Waals surface area contributed by atoms with Crippen molar-refractivity contribution in [3.8, 4) is 11.5 Å². The molecule has 17 heavy (non-hydrogen) atoms. The van der Waals surface area contributed by atoms with E-state index >= 15 is 0 Å². The second-order valence-corrected chi connectivity index (χ2v) is 4.38. The van der Waals surface area contributed by atoms with E-state index in [9.17, 15) is 0 Å². The van der Waals surface area contributed by atoms with Gasteiger partial charge in [-0.2, -0.15) is 4.98 Å². The van der Waals surface area contributed by atoms with Gasteiger partial charge in [-0.05, 0) is 26.0 Å². The molecule has 0 atom stereocenters. The first kappa shape index (κ1) is 11.9. The van der Waals surface area contributed by atoms with Gasteiger partial charge in [0.25, 0.3) is 5.89 Å². The van der Waals surface area contributed by atoms with Crippen LogP contribution in [0, 0.1) is 0 Å². The van der Waals surface area contributed by atoms with E-state index in [1.54, 1.807) is 6.07 Å². The Balaban J connectivity index is 2.43. The van der Waals surface area contributed by atoms with E-state index in [1.165, 1.54) is 6.33 Å². The minimum absolute atomic E-state index is 0.330. The summed E-state index contributed by atoms with van der Waals surface area (Å²) in [5, 5.41) is 3.98. The molecular formula is C11H13ClN4O. The molecule has 0 aliphatic rings. The van der Waals surface area contributed by atoms with Crippen LogP contribution in [0.1, 0.15) is 13.8 Å². The maximum atomic E-state index is 5.99. The van der Waals surface area contributed by atoms with Gasteiger partial charge in [-0.15, -0.1) is 0 Å². The fourth-order valence-electron chi connectivity index (χ4n) is 1.35. The van der Waals surface area contributed by atoms with E-state index < -0.39 is 0 Å². The van der Waals surface area contributed by atoms with Crippen molar-refractivity contribution in [2.45, 2.75) is 19.9 Å². The summed E-state index contributed by atoms with van der Waals surface area (Å²) in [7, 11) is 1.96. The van der Waals surface area contributed by atoms with E-state index in [2.05, 4.69) is 29.0 Å². The number of pyridine rings is 1. The molecule has 90 valence electrons. The summed E-state index contributed by atoms with van der Waals surface area (Å²) in [6, 6.07) is 3.91. The van der Waals surface area contributed by atoms with Crippen molar-refractivity contribution >= 4 is 17.4 Å². The van der Waals surface area contributed by atoms with Gasteiger partial charge in [-0.25, -0.2) is 4.98 Å². The lowest BCUT2D eigenvalue weighted by atomic mass is 10.2. The van der Waals surface area contributed by atoms with Gasteiger partial charge in [0, 0.05) is 18.7 Å². The number of anilines is 1. The standard InChI is InChI=1S/C11H13ClN4O/c1-7(2)16(3)10-5-8(4-9(12)15-10)11-13-6-14-17-11/h4-7H,1-3H3. The molecule has 5 nitrogen and oxygen atoms in total. The number of hydrogen-bond donors (Lipinski definition) is 0. The van der Waals surface area contributed by atoms with Crippen LogP contribution >= 0.6 is 11.6 Å².